The number of nitriles is 1. The molecule has 9 heteroatoms. The number of nitrogens with one attached hydrogen (secondary N) is 2. The second-order valence-corrected chi connectivity index (χ2v) is 8.45. The fourth-order valence-electron chi connectivity index (χ4n) is 2.43. The van der Waals surface area contributed by atoms with Gasteiger partial charge in [0.05, 0.1) is 16.9 Å². The highest BCUT2D eigenvalue weighted by atomic mass is 32.2. The van der Waals surface area contributed by atoms with Crippen LogP contribution in [0.2, 0.25) is 0 Å². The van der Waals surface area contributed by atoms with Crippen LogP contribution < -0.4 is 10.0 Å². The van der Waals surface area contributed by atoms with Gasteiger partial charge in [-0.2, -0.15) is 10.4 Å². The third-order valence-electron chi connectivity index (χ3n) is 3.77. The van der Waals surface area contributed by atoms with Crippen molar-refractivity contribution in [3.63, 3.8) is 0 Å². The highest BCUT2D eigenvalue weighted by molar-refractivity contribution is 7.92. The van der Waals surface area contributed by atoms with E-state index >= 15 is 0 Å². The van der Waals surface area contributed by atoms with Crippen molar-refractivity contribution in [3.8, 4) is 6.07 Å². The van der Waals surface area contributed by atoms with E-state index in [0.717, 1.165) is 0 Å². The number of anilines is 2. The standard InChI is InChI=1S/C16H17N5O3S/c1-16(2,3)21-9-11(8-17)15(19-21)20-25(23,24)12-4-5-13-10(6-12)7-14(22)18-13/h4-6,9H,7H2,1-3H3,(H,18,22)(H,19,20). The predicted molar refractivity (Wildman–Crippen MR) is 91.5 cm³/mol. The van der Waals surface area contributed by atoms with E-state index in [1.54, 1.807) is 6.07 Å². The minimum atomic E-state index is -3.93. The molecule has 0 saturated heterocycles. The Morgan fingerprint density at radius 1 is 1.36 bits per heavy atom. The molecule has 2 heterocycles. The Hall–Kier alpha value is -2.86. The van der Waals surface area contributed by atoms with Crippen molar-refractivity contribution in [2.45, 2.75) is 37.6 Å². The van der Waals surface area contributed by atoms with Crippen molar-refractivity contribution >= 4 is 27.4 Å². The van der Waals surface area contributed by atoms with Crippen LogP contribution in [0.5, 0.6) is 0 Å². The predicted octanol–water partition coefficient (Wildman–Crippen LogP) is 1.81. The lowest BCUT2D eigenvalue weighted by Gasteiger charge is -2.18. The van der Waals surface area contributed by atoms with Crippen molar-refractivity contribution in [1.29, 1.82) is 5.26 Å². The maximum Gasteiger partial charge on any atom is 0.263 e. The molecule has 1 aromatic carbocycles. The summed E-state index contributed by atoms with van der Waals surface area (Å²) in [5, 5.41) is 16.1. The van der Waals surface area contributed by atoms with Gasteiger partial charge in [0.1, 0.15) is 11.6 Å². The van der Waals surface area contributed by atoms with Gasteiger partial charge in [-0.1, -0.05) is 0 Å². The summed E-state index contributed by atoms with van der Waals surface area (Å²) in [6.07, 6.45) is 1.64. The number of aromatic nitrogens is 2. The molecule has 0 radical (unpaired) electrons. The SMILES string of the molecule is CC(C)(C)n1cc(C#N)c(NS(=O)(=O)c2ccc3c(c2)CC(=O)N3)n1. The van der Waals surface area contributed by atoms with Crippen molar-refractivity contribution in [3.05, 3.63) is 35.5 Å². The van der Waals surface area contributed by atoms with Gasteiger partial charge in [0, 0.05) is 11.9 Å². The van der Waals surface area contributed by atoms with E-state index in [0.29, 0.717) is 11.3 Å². The first-order chi connectivity index (χ1) is 11.6. The Morgan fingerprint density at radius 2 is 2.08 bits per heavy atom. The normalized spacial score (nSPS) is 13.9. The van der Waals surface area contributed by atoms with Crippen molar-refractivity contribution in [2.75, 3.05) is 10.0 Å². The zero-order chi connectivity index (χ0) is 18.4. The van der Waals surface area contributed by atoms with Crippen LogP contribution in [0.15, 0.2) is 29.3 Å². The first-order valence-electron chi connectivity index (χ1n) is 7.56. The quantitative estimate of drug-likeness (QED) is 0.867. The molecule has 0 spiro atoms. The van der Waals surface area contributed by atoms with Gasteiger partial charge in [-0.05, 0) is 44.5 Å². The van der Waals surface area contributed by atoms with Gasteiger partial charge < -0.3 is 5.32 Å². The number of rotatable bonds is 3. The van der Waals surface area contributed by atoms with Gasteiger partial charge in [-0.15, -0.1) is 0 Å². The van der Waals surface area contributed by atoms with E-state index in [2.05, 4.69) is 15.1 Å². The summed E-state index contributed by atoms with van der Waals surface area (Å²) in [6.45, 7) is 5.68. The van der Waals surface area contributed by atoms with E-state index in [4.69, 9.17) is 0 Å². The molecule has 2 N–H and O–H groups in total. The molecular formula is C16H17N5O3S. The fourth-order valence-corrected chi connectivity index (χ4v) is 3.50. The van der Waals surface area contributed by atoms with Crippen LogP contribution in [0, 0.1) is 11.3 Å². The van der Waals surface area contributed by atoms with Crippen molar-refractivity contribution in [2.24, 2.45) is 0 Å². The number of hydrogen-bond acceptors (Lipinski definition) is 5. The molecule has 0 fully saturated rings. The second-order valence-electron chi connectivity index (χ2n) is 6.77. The summed E-state index contributed by atoms with van der Waals surface area (Å²) >= 11 is 0. The second kappa shape index (κ2) is 5.60. The number of fused-ring (bicyclic) bond motifs is 1. The monoisotopic (exact) mass is 359 g/mol. The van der Waals surface area contributed by atoms with Gasteiger partial charge >= 0.3 is 0 Å². The largest absolute Gasteiger partial charge is 0.326 e. The van der Waals surface area contributed by atoms with Crippen LogP contribution in [0.4, 0.5) is 11.5 Å². The number of nitrogens with zero attached hydrogens (tertiary/aromatic N) is 3. The lowest BCUT2D eigenvalue weighted by atomic mass is 10.1. The molecule has 1 amide bonds. The summed E-state index contributed by atoms with van der Waals surface area (Å²) in [6, 6.07) is 6.34. The average Bonchev–Trinajstić information content (AvgIpc) is 3.07. The molecule has 0 bridgehead atoms. The zero-order valence-electron chi connectivity index (χ0n) is 14.0. The molecule has 0 unspecified atom stereocenters. The maximum atomic E-state index is 12.6. The summed E-state index contributed by atoms with van der Waals surface area (Å²) in [4.78, 5) is 11.4. The Bertz CT molecular complexity index is 1010. The Kier molecular flexibility index (Phi) is 3.80. The van der Waals surface area contributed by atoms with Crippen LogP contribution in [-0.4, -0.2) is 24.1 Å². The molecule has 1 aliphatic heterocycles. The van der Waals surface area contributed by atoms with Crippen LogP contribution in [0.25, 0.3) is 0 Å². The van der Waals surface area contributed by atoms with E-state index in [1.807, 2.05) is 26.8 Å². The van der Waals surface area contributed by atoms with Crippen molar-refractivity contribution in [1.82, 2.24) is 9.78 Å². The van der Waals surface area contributed by atoms with E-state index in [-0.39, 0.29) is 28.6 Å². The molecule has 1 aromatic heterocycles. The minimum Gasteiger partial charge on any atom is -0.326 e. The highest BCUT2D eigenvalue weighted by Crippen LogP contribution is 2.27. The minimum absolute atomic E-state index is 0.0111. The molecule has 2 aromatic rings. The van der Waals surface area contributed by atoms with Crippen molar-refractivity contribution < 1.29 is 13.2 Å². The summed E-state index contributed by atoms with van der Waals surface area (Å²) in [7, 11) is -3.93. The molecule has 130 valence electrons. The summed E-state index contributed by atoms with van der Waals surface area (Å²) in [5.41, 5.74) is 0.971. The third-order valence-corrected chi connectivity index (χ3v) is 5.10. The highest BCUT2D eigenvalue weighted by Gasteiger charge is 2.25. The first kappa shape index (κ1) is 17.0. The average molecular weight is 359 g/mol. The Labute approximate surface area is 145 Å². The number of hydrogen-bond donors (Lipinski definition) is 2. The zero-order valence-corrected chi connectivity index (χ0v) is 14.8. The molecule has 0 atom stereocenters. The molecule has 0 aliphatic carbocycles. The van der Waals surface area contributed by atoms with Gasteiger partial charge in [-0.3, -0.25) is 14.2 Å². The molecule has 0 saturated carbocycles. The number of sulfonamides is 1. The molecule has 25 heavy (non-hydrogen) atoms. The van der Waals surface area contributed by atoms with Crippen LogP contribution >= 0.6 is 0 Å². The lowest BCUT2D eigenvalue weighted by Crippen LogP contribution is -2.22. The molecule has 1 aliphatic rings. The van der Waals surface area contributed by atoms with Gasteiger partial charge in [-0.25, -0.2) is 8.42 Å². The van der Waals surface area contributed by atoms with Gasteiger partial charge in [0.15, 0.2) is 5.82 Å². The maximum absolute atomic E-state index is 12.6. The van der Waals surface area contributed by atoms with E-state index in [9.17, 15) is 18.5 Å². The topological polar surface area (TPSA) is 117 Å². The van der Waals surface area contributed by atoms with Gasteiger partial charge in [0.2, 0.25) is 5.91 Å². The number of benzene rings is 1. The fraction of sp³-hybridized carbons (Fsp3) is 0.312. The van der Waals surface area contributed by atoms with Crippen LogP contribution in [0.1, 0.15) is 31.9 Å². The summed E-state index contributed by atoms with van der Waals surface area (Å²) in [5.74, 6) is -0.194. The smallest absolute Gasteiger partial charge is 0.263 e. The first-order valence-corrected chi connectivity index (χ1v) is 9.04. The number of carbonyl (C=O) groups is 1. The molecular weight excluding hydrogens is 342 g/mol. The van der Waals surface area contributed by atoms with Crippen LogP contribution in [0.3, 0.4) is 0 Å². The van der Waals surface area contributed by atoms with E-state index in [1.165, 1.54) is 23.0 Å². The summed E-state index contributed by atoms with van der Waals surface area (Å²) < 4.78 is 29.2. The number of carbonyl (C=O) groups excluding carboxylic acids is 1. The number of amides is 1. The molecule has 8 nitrogen and oxygen atoms in total. The Balaban J connectivity index is 1.95. The van der Waals surface area contributed by atoms with Crippen LogP contribution in [-0.2, 0) is 26.8 Å². The van der Waals surface area contributed by atoms with E-state index < -0.39 is 15.6 Å². The molecule has 3 rings (SSSR count). The lowest BCUT2D eigenvalue weighted by molar-refractivity contribution is -0.115. The Morgan fingerprint density at radius 3 is 2.72 bits per heavy atom. The third kappa shape index (κ3) is 3.21. The van der Waals surface area contributed by atoms with Gasteiger partial charge in [0.25, 0.3) is 10.0 Å².